The van der Waals surface area contributed by atoms with Gasteiger partial charge in [-0.1, -0.05) is 51.0 Å². The van der Waals surface area contributed by atoms with Crippen molar-refractivity contribution in [3.05, 3.63) is 35.4 Å². The summed E-state index contributed by atoms with van der Waals surface area (Å²) in [5.74, 6) is -0.0703. The Hall–Kier alpha value is -1.35. The molecule has 3 heteroatoms. The Kier molecular flexibility index (Phi) is 6.44. The maximum absolute atomic E-state index is 10.8. The van der Waals surface area contributed by atoms with Gasteiger partial charge in [0.15, 0.2) is 0 Å². The maximum Gasteiger partial charge on any atom is 0.307 e. The van der Waals surface area contributed by atoms with Crippen LogP contribution >= 0.6 is 0 Å². The van der Waals surface area contributed by atoms with E-state index in [0.717, 1.165) is 24.2 Å². The van der Waals surface area contributed by atoms with Gasteiger partial charge in [-0.3, -0.25) is 4.79 Å². The summed E-state index contributed by atoms with van der Waals surface area (Å²) in [6.07, 6.45) is 2.46. The van der Waals surface area contributed by atoms with Crippen LogP contribution in [0.15, 0.2) is 24.3 Å². The minimum Gasteiger partial charge on any atom is -0.481 e. The molecular weight excluding hydrogens is 226 g/mol. The zero-order valence-corrected chi connectivity index (χ0v) is 11.3. The van der Waals surface area contributed by atoms with Gasteiger partial charge in [-0.05, 0) is 23.6 Å². The molecule has 0 aliphatic carbocycles. The summed E-state index contributed by atoms with van der Waals surface area (Å²) in [6.45, 7) is 6.15. The van der Waals surface area contributed by atoms with Crippen LogP contribution in [0, 0.1) is 5.92 Å². The van der Waals surface area contributed by atoms with Gasteiger partial charge in [0.25, 0.3) is 0 Å². The zero-order chi connectivity index (χ0) is 13.4. The molecule has 1 aromatic carbocycles. The third-order valence-corrected chi connectivity index (χ3v) is 3.36. The summed E-state index contributed by atoms with van der Waals surface area (Å²) in [6, 6.07) is 7.74. The van der Waals surface area contributed by atoms with E-state index in [0.29, 0.717) is 5.92 Å². The van der Waals surface area contributed by atoms with Gasteiger partial charge in [-0.15, -0.1) is 0 Å². The number of benzene rings is 1. The van der Waals surface area contributed by atoms with E-state index in [4.69, 9.17) is 5.11 Å². The molecule has 0 radical (unpaired) electrons. The summed E-state index contributed by atoms with van der Waals surface area (Å²) < 4.78 is 0. The van der Waals surface area contributed by atoms with Gasteiger partial charge in [-0.25, -0.2) is 0 Å². The topological polar surface area (TPSA) is 49.3 Å². The molecule has 3 nitrogen and oxygen atoms in total. The van der Waals surface area contributed by atoms with Crippen LogP contribution < -0.4 is 5.32 Å². The highest BCUT2D eigenvalue weighted by atomic mass is 16.4. The standard InChI is InChI=1S/C15H23NO2/c1-3-12(4-2)10-16-11-14-8-6-5-7-13(14)9-15(17)18/h5-8,12,16H,3-4,9-11H2,1-2H3,(H,17,18). The summed E-state index contributed by atoms with van der Waals surface area (Å²) in [5, 5.41) is 12.3. The Bertz CT molecular complexity index is 373. The molecule has 0 saturated heterocycles. The third kappa shape index (κ3) is 4.88. The second-order valence-corrected chi connectivity index (χ2v) is 4.65. The predicted octanol–water partition coefficient (Wildman–Crippen LogP) is 2.84. The molecule has 0 atom stereocenters. The highest BCUT2D eigenvalue weighted by Crippen LogP contribution is 2.11. The van der Waals surface area contributed by atoms with Crippen LogP contribution in [0.2, 0.25) is 0 Å². The van der Waals surface area contributed by atoms with Crippen molar-refractivity contribution in [1.29, 1.82) is 0 Å². The van der Waals surface area contributed by atoms with Gasteiger partial charge >= 0.3 is 5.97 Å². The van der Waals surface area contributed by atoms with E-state index < -0.39 is 5.97 Å². The smallest absolute Gasteiger partial charge is 0.307 e. The van der Waals surface area contributed by atoms with E-state index in [9.17, 15) is 4.79 Å². The monoisotopic (exact) mass is 249 g/mol. The Balaban J connectivity index is 2.53. The second kappa shape index (κ2) is 7.88. The third-order valence-electron chi connectivity index (χ3n) is 3.36. The lowest BCUT2D eigenvalue weighted by molar-refractivity contribution is -0.136. The number of hydrogen-bond donors (Lipinski definition) is 2. The molecule has 0 heterocycles. The number of rotatable bonds is 8. The van der Waals surface area contributed by atoms with Crippen molar-refractivity contribution in [2.24, 2.45) is 5.92 Å². The van der Waals surface area contributed by atoms with Gasteiger partial charge in [0, 0.05) is 6.54 Å². The fraction of sp³-hybridized carbons (Fsp3) is 0.533. The van der Waals surface area contributed by atoms with Crippen molar-refractivity contribution in [3.63, 3.8) is 0 Å². The fourth-order valence-corrected chi connectivity index (χ4v) is 2.05. The van der Waals surface area contributed by atoms with Gasteiger partial charge in [0.05, 0.1) is 6.42 Å². The number of nitrogens with one attached hydrogen (secondary N) is 1. The van der Waals surface area contributed by atoms with E-state index in [1.807, 2.05) is 24.3 Å². The van der Waals surface area contributed by atoms with Crippen LogP contribution in [-0.4, -0.2) is 17.6 Å². The van der Waals surface area contributed by atoms with E-state index in [-0.39, 0.29) is 6.42 Å². The lowest BCUT2D eigenvalue weighted by atomic mass is 10.0. The first kappa shape index (κ1) is 14.7. The molecule has 100 valence electrons. The molecule has 2 N–H and O–H groups in total. The highest BCUT2D eigenvalue weighted by Gasteiger charge is 2.07. The zero-order valence-electron chi connectivity index (χ0n) is 11.3. The first-order valence-corrected chi connectivity index (χ1v) is 6.66. The average Bonchev–Trinajstić information content (AvgIpc) is 2.36. The first-order valence-electron chi connectivity index (χ1n) is 6.66. The van der Waals surface area contributed by atoms with E-state index >= 15 is 0 Å². The molecular formula is C15H23NO2. The van der Waals surface area contributed by atoms with Crippen LogP contribution in [0.4, 0.5) is 0 Å². The maximum atomic E-state index is 10.8. The lowest BCUT2D eigenvalue weighted by Crippen LogP contribution is -2.22. The minimum absolute atomic E-state index is 0.100. The summed E-state index contributed by atoms with van der Waals surface area (Å²) in [4.78, 5) is 10.8. The van der Waals surface area contributed by atoms with Crippen molar-refractivity contribution in [2.75, 3.05) is 6.54 Å². The van der Waals surface area contributed by atoms with Crippen LogP contribution in [0.25, 0.3) is 0 Å². The molecule has 0 bridgehead atoms. The molecule has 0 saturated carbocycles. The number of hydrogen-bond acceptors (Lipinski definition) is 2. The van der Waals surface area contributed by atoms with Crippen molar-refractivity contribution in [1.82, 2.24) is 5.32 Å². The minimum atomic E-state index is -0.776. The lowest BCUT2D eigenvalue weighted by Gasteiger charge is -2.14. The highest BCUT2D eigenvalue weighted by molar-refractivity contribution is 5.70. The van der Waals surface area contributed by atoms with Crippen LogP contribution in [-0.2, 0) is 17.8 Å². The molecule has 1 rings (SSSR count). The Morgan fingerprint density at radius 3 is 2.39 bits per heavy atom. The van der Waals surface area contributed by atoms with Gasteiger partial charge in [0.1, 0.15) is 0 Å². The van der Waals surface area contributed by atoms with Gasteiger partial charge < -0.3 is 10.4 Å². The summed E-state index contributed by atoms with van der Waals surface area (Å²) in [5.41, 5.74) is 1.99. The molecule has 1 aromatic rings. The van der Waals surface area contributed by atoms with Crippen LogP contribution in [0.5, 0.6) is 0 Å². The Morgan fingerprint density at radius 1 is 1.22 bits per heavy atom. The predicted molar refractivity (Wildman–Crippen MR) is 73.6 cm³/mol. The molecule has 0 amide bonds. The van der Waals surface area contributed by atoms with E-state index in [2.05, 4.69) is 19.2 Å². The molecule has 0 aliphatic rings. The van der Waals surface area contributed by atoms with Gasteiger partial charge in [0.2, 0.25) is 0 Å². The number of aliphatic carboxylic acids is 1. The van der Waals surface area contributed by atoms with E-state index in [1.54, 1.807) is 0 Å². The van der Waals surface area contributed by atoms with Crippen LogP contribution in [0.3, 0.4) is 0 Å². The summed E-state index contributed by atoms with van der Waals surface area (Å²) in [7, 11) is 0. The van der Waals surface area contributed by atoms with E-state index in [1.165, 1.54) is 12.8 Å². The second-order valence-electron chi connectivity index (χ2n) is 4.65. The van der Waals surface area contributed by atoms with Crippen molar-refractivity contribution >= 4 is 5.97 Å². The molecule has 0 spiro atoms. The summed E-state index contributed by atoms with van der Waals surface area (Å²) >= 11 is 0. The largest absolute Gasteiger partial charge is 0.481 e. The fourth-order valence-electron chi connectivity index (χ4n) is 2.05. The molecule has 0 unspecified atom stereocenters. The number of carbonyl (C=O) groups is 1. The molecule has 0 fully saturated rings. The van der Waals surface area contributed by atoms with Crippen molar-refractivity contribution in [3.8, 4) is 0 Å². The SMILES string of the molecule is CCC(CC)CNCc1ccccc1CC(=O)O. The van der Waals surface area contributed by atoms with Crippen molar-refractivity contribution in [2.45, 2.75) is 39.7 Å². The van der Waals surface area contributed by atoms with Crippen molar-refractivity contribution < 1.29 is 9.90 Å². The molecule has 18 heavy (non-hydrogen) atoms. The molecule has 0 aromatic heterocycles. The average molecular weight is 249 g/mol. The number of carboxylic acid groups (broad SMARTS) is 1. The Labute approximate surface area is 109 Å². The van der Waals surface area contributed by atoms with Crippen LogP contribution in [0.1, 0.15) is 37.8 Å². The van der Waals surface area contributed by atoms with Gasteiger partial charge in [-0.2, -0.15) is 0 Å². The number of carboxylic acids is 1. The normalized spacial score (nSPS) is 10.8. The Morgan fingerprint density at radius 2 is 1.83 bits per heavy atom. The first-order chi connectivity index (χ1) is 8.67. The molecule has 0 aliphatic heterocycles. The quantitative estimate of drug-likeness (QED) is 0.745.